The second-order valence-corrected chi connectivity index (χ2v) is 14.6. The first-order chi connectivity index (χ1) is 17.1. The molecule has 0 unspecified atom stereocenters. The van der Waals surface area contributed by atoms with Gasteiger partial charge in [-0.1, -0.05) is 82.1 Å². The molecule has 1 fully saturated rings. The van der Waals surface area contributed by atoms with Crippen molar-refractivity contribution in [3.05, 3.63) is 69.7 Å². The van der Waals surface area contributed by atoms with Crippen molar-refractivity contribution in [1.82, 2.24) is 4.90 Å². The number of aliphatic carboxylic acids is 1. The van der Waals surface area contributed by atoms with Gasteiger partial charge in [0.05, 0.1) is 29.7 Å². The van der Waals surface area contributed by atoms with E-state index in [1.165, 1.54) is 0 Å². The number of carbonyl (C=O) groups is 2. The molecule has 1 saturated heterocycles. The van der Waals surface area contributed by atoms with Gasteiger partial charge in [-0.2, -0.15) is 0 Å². The average molecular weight is 569 g/mol. The van der Waals surface area contributed by atoms with Crippen molar-refractivity contribution in [2.75, 3.05) is 11.5 Å². The molecule has 2 aromatic rings. The number of hydrogen-bond acceptors (Lipinski definition) is 4. The van der Waals surface area contributed by atoms with Gasteiger partial charge in [0.1, 0.15) is 0 Å². The molecule has 4 atom stereocenters. The van der Waals surface area contributed by atoms with Gasteiger partial charge < -0.3 is 10.0 Å². The zero-order valence-electron chi connectivity index (χ0n) is 21.9. The van der Waals surface area contributed by atoms with Crippen molar-refractivity contribution < 1.29 is 23.1 Å². The Balaban J connectivity index is 2.34. The van der Waals surface area contributed by atoms with E-state index in [1.54, 1.807) is 36.9 Å². The molecule has 6 nitrogen and oxygen atoms in total. The smallest absolute Gasteiger partial charge is 0.304 e. The first kappa shape index (κ1) is 29.5. The number of hydrogen-bond donors (Lipinski definition) is 1. The van der Waals surface area contributed by atoms with E-state index >= 15 is 0 Å². The molecule has 0 radical (unpaired) electrons. The first-order valence-electron chi connectivity index (χ1n) is 12.3. The molecule has 0 saturated carbocycles. The van der Waals surface area contributed by atoms with Crippen LogP contribution < -0.4 is 0 Å². The van der Waals surface area contributed by atoms with Gasteiger partial charge in [0.25, 0.3) is 0 Å². The molecule has 37 heavy (non-hydrogen) atoms. The third-order valence-corrected chi connectivity index (χ3v) is 9.51. The summed E-state index contributed by atoms with van der Waals surface area (Å²) in [5.41, 5.74) is -0.222. The van der Waals surface area contributed by atoms with Crippen molar-refractivity contribution in [1.29, 1.82) is 0 Å². The minimum absolute atomic E-state index is 0.0582. The summed E-state index contributed by atoms with van der Waals surface area (Å²) in [6.45, 7) is 8.99. The number of rotatable bonds is 8. The van der Waals surface area contributed by atoms with Crippen molar-refractivity contribution in [3.63, 3.8) is 0 Å². The number of sulfone groups is 1. The Kier molecular flexibility index (Phi) is 8.72. The fourth-order valence-corrected chi connectivity index (χ4v) is 7.03. The molecular weight excluding hydrogens is 533 g/mol. The lowest BCUT2D eigenvalue weighted by Gasteiger charge is -2.54. The predicted molar refractivity (Wildman–Crippen MR) is 148 cm³/mol. The van der Waals surface area contributed by atoms with Gasteiger partial charge in [0.15, 0.2) is 9.84 Å². The lowest BCUT2D eigenvalue weighted by atomic mass is 9.66. The van der Waals surface area contributed by atoms with E-state index in [2.05, 4.69) is 0 Å². The van der Waals surface area contributed by atoms with E-state index in [-0.39, 0.29) is 36.2 Å². The van der Waals surface area contributed by atoms with E-state index in [4.69, 9.17) is 23.2 Å². The van der Waals surface area contributed by atoms with Crippen LogP contribution >= 0.6 is 23.2 Å². The molecular formula is C28H35Cl2NO5S. The highest BCUT2D eigenvalue weighted by molar-refractivity contribution is 7.91. The number of piperidine rings is 1. The highest BCUT2D eigenvalue weighted by Gasteiger charge is 2.54. The van der Waals surface area contributed by atoms with Gasteiger partial charge in [-0.05, 0) is 47.2 Å². The van der Waals surface area contributed by atoms with Crippen LogP contribution in [0.5, 0.6) is 0 Å². The maximum Gasteiger partial charge on any atom is 0.304 e. The van der Waals surface area contributed by atoms with Gasteiger partial charge in [0.2, 0.25) is 5.91 Å². The van der Waals surface area contributed by atoms with E-state index in [0.717, 1.165) is 11.1 Å². The highest BCUT2D eigenvalue weighted by atomic mass is 35.5. The predicted octanol–water partition coefficient (Wildman–Crippen LogP) is 6.38. The number of likely N-dealkylation sites (tertiary alicyclic amines) is 1. The Hall–Kier alpha value is -2.09. The third-order valence-electron chi connectivity index (χ3n) is 7.32. The Labute approximate surface area is 229 Å². The van der Waals surface area contributed by atoms with Gasteiger partial charge in [-0.3, -0.25) is 9.59 Å². The topological polar surface area (TPSA) is 91.8 Å². The van der Waals surface area contributed by atoms with Crippen molar-refractivity contribution >= 4 is 44.9 Å². The summed E-state index contributed by atoms with van der Waals surface area (Å²) in [5, 5.41) is 10.8. The molecule has 2 aromatic carbocycles. The fraction of sp³-hybridized carbons (Fsp3) is 0.500. The van der Waals surface area contributed by atoms with Crippen LogP contribution in [-0.2, 0) is 19.4 Å². The number of carboxylic acids is 1. The SMILES string of the molecule is CCS(=O)(=O)C[C@@H](N1C(=O)[C@@](C)(CC(=O)O)C[C@H](c2cccc(Cl)c2)[C@H]1c1ccc(Cl)cc1)C(C)(C)C. The molecule has 3 rings (SSSR count). The lowest BCUT2D eigenvalue weighted by molar-refractivity contribution is -0.162. The molecule has 1 N–H and O–H groups in total. The number of benzene rings is 2. The molecule has 1 heterocycles. The maximum atomic E-state index is 14.4. The number of nitrogens with zero attached hydrogens (tertiary/aromatic N) is 1. The number of carboxylic acid groups (broad SMARTS) is 1. The molecule has 0 aliphatic carbocycles. The Morgan fingerprint density at radius 3 is 2.24 bits per heavy atom. The molecule has 0 bridgehead atoms. The highest BCUT2D eigenvalue weighted by Crippen LogP contribution is 2.53. The summed E-state index contributed by atoms with van der Waals surface area (Å²) in [7, 11) is -3.49. The summed E-state index contributed by atoms with van der Waals surface area (Å²) >= 11 is 12.6. The Morgan fingerprint density at radius 2 is 1.73 bits per heavy atom. The van der Waals surface area contributed by atoms with E-state index < -0.39 is 38.7 Å². The van der Waals surface area contributed by atoms with E-state index in [1.807, 2.05) is 51.1 Å². The standard InChI is InChI=1S/C28H35Cl2NO5S/c1-6-37(35,36)17-23(27(2,3)4)31-25(18-10-12-20(29)13-11-18)22(19-8-7-9-21(30)14-19)15-28(5,26(31)34)16-24(32)33/h7-14,22-23,25H,6,15-17H2,1-5H3,(H,32,33)/t22-,23-,25-,28-/m1/s1. The van der Waals surface area contributed by atoms with Gasteiger partial charge in [0, 0.05) is 21.7 Å². The van der Waals surface area contributed by atoms with Crippen LogP contribution in [0.1, 0.15) is 70.5 Å². The van der Waals surface area contributed by atoms with Crippen LogP contribution in [0.3, 0.4) is 0 Å². The van der Waals surface area contributed by atoms with Crippen molar-refractivity contribution in [2.24, 2.45) is 10.8 Å². The summed E-state index contributed by atoms with van der Waals surface area (Å²) < 4.78 is 25.9. The third kappa shape index (κ3) is 6.68. The molecule has 0 spiro atoms. The van der Waals surface area contributed by atoms with Crippen LogP contribution in [0.4, 0.5) is 0 Å². The molecule has 1 aliphatic heterocycles. The fourth-order valence-electron chi connectivity index (χ4n) is 5.33. The monoisotopic (exact) mass is 567 g/mol. The van der Waals surface area contributed by atoms with Crippen LogP contribution in [0.2, 0.25) is 10.0 Å². The van der Waals surface area contributed by atoms with E-state index in [0.29, 0.717) is 10.0 Å². The summed E-state index contributed by atoms with van der Waals surface area (Å²) in [5.74, 6) is -2.07. The molecule has 9 heteroatoms. The molecule has 0 aromatic heterocycles. The quantitative estimate of drug-likeness (QED) is 0.399. The number of halogens is 2. The van der Waals surface area contributed by atoms with Crippen molar-refractivity contribution in [3.8, 4) is 0 Å². The Bertz CT molecular complexity index is 1260. The van der Waals surface area contributed by atoms with Crippen LogP contribution in [0.15, 0.2) is 48.5 Å². The molecule has 1 amide bonds. The maximum absolute atomic E-state index is 14.4. The van der Waals surface area contributed by atoms with Crippen LogP contribution in [-0.4, -0.2) is 47.8 Å². The van der Waals surface area contributed by atoms with Crippen molar-refractivity contribution in [2.45, 2.75) is 65.5 Å². The average Bonchev–Trinajstić information content (AvgIpc) is 2.79. The van der Waals surface area contributed by atoms with Gasteiger partial charge >= 0.3 is 5.97 Å². The number of carbonyl (C=O) groups excluding carboxylic acids is 1. The first-order valence-corrected chi connectivity index (χ1v) is 14.9. The van der Waals surface area contributed by atoms with Crippen LogP contribution in [0.25, 0.3) is 0 Å². The summed E-state index contributed by atoms with van der Waals surface area (Å²) in [6.07, 6.45) is -0.107. The Morgan fingerprint density at radius 1 is 1.11 bits per heavy atom. The minimum atomic E-state index is -3.49. The lowest BCUT2D eigenvalue weighted by Crippen LogP contribution is -2.60. The summed E-state index contributed by atoms with van der Waals surface area (Å²) in [6, 6.07) is 13.3. The molecule has 202 valence electrons. The molecule has 1 aliphatic rings. The largest absolute Gasteiger partial charge is 0.481 e. The zero-order valence-corrected chi connectivity index (χ0v) is 24.2. The second kappa shape index (κ2) is 11.0. The zero-order chi connectivity index (χ0) is 27.8. The van der Waals surface area contributed by atoms with E-state index in [9.17, 15) is 23.1 Å². The van der Waals surface area contributed by atoms with Gasteiger partial charge in [-0.25, -0.2) is 8.42 Å². The van der Waals surface area contributed by atoms with Gasteiger partial charge in [-0.15, -0.1) is 0 Å². The number of amides is 1. The summed E-state index contributed by atoms with van der Waals surface area (Å²) in [4.78, 5) is 28.0. The second-order valence-electron chi connectivity index (χ2n) is 11.3. The van der Waals surface area contributed by atoms with Crippen LogP contribution in [0, 0.1) is 10.8 Å². The normalized spacial score (nSPS) is 23.6. The minimum Gasteiger partial charge on any atom is -0.481 e.